The number of nitrogens with zero attached hydrogens (tertiary/aromatic N) is 1. The summed E-state index contributed by atoms with van der Waals surface area (Å²) < 4.78 is 5.68. The number of aryl methyl sites for hydroxylation is 1. The molecule has 0 radical (unpaired) electrons. The van der Waals surface area contributed by atoms with Gasteiger partial charge in [0.05, 0.1) is 0 Å². The van der Waals surface area contributed by atoms with Crippen LogP contribution in [0.15, 0.2) is 47.6 Å². The van der Waals surface area contributed by atoms with Gasteiger partial charge in [0.25, 0.3) is 0 Å². The third-order valence-electron chi connectivity index (χ3n) is 2.61. The van der Waals surface area contributed by atoms with Gasteiger partial charge in [-0.15, -0.1) is 0 Å². The van der Waals surface area contributed by atoms with Crippen LogP contribution in [0.4, 0.5) is 0 Å². The van der Waals surface area contributed by atoms with Crippen molar-refractivity contribution in [3.63, 3.8) is 0 Å². The zero-order valence-electron chi connectivity index (χ0n) is 10.3. The second kappa shape index (κ2) is 5.63. The Bertz CT molecular complexity index is 627. The normalized spacial score (nSPS) is 11.4. The van der Waals surface area contributed by atoms with Crippen LogP contribution in [-0.4, -0.2) is 11.0 Å². The molecule has 98 valence electrons. The van der Waals surface area contributed by atoms with E-state index in [0.717, 1.165) is 5.56 Å². The number of amidine groups is 1. The van der Waals surface area contributed by atoms with Crippen LogP contribution in [0.2, 0.25) is 5.02 Å². The van der Waals surface area contributed by atoms with Gasteiger partial charge in [-0.25, -0.2) is 0 Å². The van der Waals surface area contributed by atoms with Gasteiger partial charge in [-0.2, -0.15) is 0 Å². The van der Waals surface area contributed by atoms with Gasteiger partial charge in [-0.1, -0.05) is 22.8 Å². The first-order chi connectivity index (χ1) is 9.10. The third-order valence-corrected chi connectivity index (χ3v) is 2.85. The molecule has 0 aliphatic rings. The quantitative estimate of drug-likeness (QED) is 0.390. The molecule has 2 aromatic carbocycles. The second-order valence-electron chi connectivity index (χ2n) is 4.02. The predicted octanol–water partition coefficient (Wildman–Crippen LogP) is 3.54. The van der Waals surface area contributed by atoms with E-state index in [2.05, 4.69) is 5.16 Å². The van der Waals surface area contributed by atoms with E-state index in [1.54, 1.807) is 24.3 Å². The minimum absolute atomic E-state index is 0.0757. The highest BCUT2D eigenvalue weighted by molar-refractivity contribution is 6.30. The molecule has 0 unspecified atom stereocenters. The van der Waals surface area contributed by atoms with E-state index in [4.69, 9.17) is 27.3 Å². The molecule has 0 aliphatic carbocycles. The Morgan fingerprint density at radius 3 is 2.58 bits per heavy atom. The largest absolute Gasteiger partial charge is 0.457 e. The topological polar surface area (TPSA) is 67.8 Å². The molecule has 19 heavy (non-hydrogen) atoms. The fourth-order valence-electron chi connectivity index (χ4n) is 1.71. The first kappa shape index (κ1) is 13.2. The van der Waals surface area contributed by atoms with Gasteiger partial charge in [0.2, 0.25) is 0 Å². The summed E-state index contributed by atoms with van der Waals surface area (Å²) in [5.41, 5.74) is 7.08. The molecule has 0 atom stereocenters. The number of halogens is 1. The van der Waals surface area contributed by atoms with Crippen molar-refractivity contribution in [3.8, 4) is 11.5 Å². The zero-order valence-corrected chi connectivity index (χ0v) is 11.1. The van der Waals surface area contributed by atoms with E-state index >= 15 is 0 Å². The van der Waals surface area contributed by atoms with Crippen molar-refractivity contribution in [3.05, 3.63) is 58.6 Å². The molecule has 0 saturated carbocycles. The maximum Gasteiger partial charge on any atom is 0.170 e. The van der Waals surface area contributed by atoms with Crippen LogP contribution in [0.1, 0.15) is 11.1 Å². The summed E-state index contributed by atoms with van der Waals surface area (Å²) in [6.45, 7) is 1.86. The predicted molar refractivity (Wildman–Crippen MR) is 75.2 cm³/mol. The Hall–Kier alpha value is -2.20. The fourth-order valence-corrected chi connectivity index (χ4v) is 1.89. The first-order valence-corrected chi connectivity index (χ1v) is 6.00. The molecule has 2 rings (SSSR count). The third kappa shape index (κ3) is 3.17. The molecule has 4 nitrogen and oxygen atoms in total. The summed E-state index contributed by atoms with van der Waals surface area (Å²) in [5, 5.41) is 12.3. The minimum Gasteiger partial charge on any atom is -0.457 e. The molecule has 0 bridgehead atoms. The van der Waals surface area contributed by atoms with Crippen LogP contribution < -0.4 is 10.5 Å². The average Bonchev–Trinajstić information content (AvgIpc) is 2.38. The van der Waals surface area contributed by atoms with Crippen LogP contribution in [0.5, 0.6) is 11.5 Å². The van der Waals surface area contributed by atoms with Gasteiger partial charge >= 0.3 is 0 Å². The summed E-state index contributed by atoms with van der Waals surface area (Å²) in [7, 11) is 0. The van der Waals surface area contributed by atoms with Gasteiger partial charge in [-0.05, 0) is 48.9 Å². The number of ether oxygens (including phenoxy) is 1. The lowest BCUT2D eigenvalue weighted by molar-refractivity contribution is 0.318. The van der Waals surface area contributed by atoms with Gasteiger partial charge in [0.1, 0.15) is 11.5 Å². The van der Waals surface area contributed by atoms with Crippen molar-refractivity contribution >= 4 is 17.4 Å². The minimum atomic E-state index is 0.0757. The van der Waals surface area contributed by atoms with Crippen LogP contribution in [-0.2, 0) is 0 Å². The molecule has 0 fully saturated rings. The van der Waals surface area contributed by atoms with Gasteiger partial charge in [0.15, 0.2) is 5.84 Å². The van der Waals surface area contributed by atoms with Crippen molar-refractivity contribution in [1.82, 2.24) is 0 Å². The van der Waals surface area contributed by atoms with Gasteiger partial charge in [0, 0.05) is 10.6 Å². The molecule has 0 aromatic heterocycles. The first-order valence-electron chi connectivity index (χ1n) is 5.62. The lowest BCUT2D eigenvalue weighted by Crippen LogP contribution is -2.14. The van der Waals surface area contributed by atoms with E-state index in [1.165, 1.54) is 0 Å². The van der Waals surface area contributed by atoms with Crippen LogP contribution in [0.25, 0.3) is 0 Å². The molecular weight excluding hydrogens is 264 g/mol. The van der Waals surface area contributed by atoms with Crippen molar-refractivity contribution in [2.24, 2.45) is 10.9 Å². The molecular formula is C14H13ClN2O2. The van der Waals surface area contributed by atoms with Gasteiger partial charge < -0.3 is 15.7 Å². The van der Waals surface area contributed by atoms with Gasteiger partial charge in [-0.3, -0.25) is 0 Å². The maximum absolute atomic E-state index is 8.66. The smallest absolute Gasteiger partial charge is 0.170 e. The molecule has 0 heterocycles. The summed E-state index contributed by atoms with van der Waals surface area (Å²) >= 11 is 5.89. The SMILES string of the molecule is Cc1cc(Oc2cccc(Cl)c2)ccc1/C(N)=N/O. The molecule has 0 amide bonds. The van der Waals surface area contributed by atoms with Crippen molar-refractivity contribution in [2.75, 3.05) is 0 Å². The Kier molecular flexibility index (Phi) is 3.92. The Morgan fingerprint density at radius 1 is 1.21 bits per heavy atom. The Morgan fingerprint density at radius 2 is 1.95 bits per heavy atom. The molecule has 2 aromatic rings. The number of hydrogen-bond donors (Lipinski definition) is 2. The van der Waals surface area contributed by atoms with Crippen molar-refractivity contribution in [2.45, 2.75) is 6.92 Å². The van der Waals surface area contributed by atoms with Crippen LogP contribution in [0.3, 0.4) is 0 Å². The monoisotopic (exact) mass is 276 g/mol. The molecule has 5 heteroatoms. The maximum atomic E-state index is 8.66. The molecule has 0 saturated heterocycles. The molecule has 3 N–H and O–H groups in total. The summed E-state index contributed by atoms with van der Waals surface area (Å²) in [4.78, 5) is 0. The standard InChI is InChI=1S/C14H13ClN2O2/c1-9-7-12(5-6-13(9)14(16)17-18)19-11-4-2-3-10(15)8-11/h2-8,18H,1H3,(H2,16,17). The zero-order chi connectivity index (χ0) is 13.8. The number of oxime groups is 1. The van der Waals surface area contributed by atoms with E-state index in [0.29, 0.717) is 22.1 Å². The van der Waals surface area contributed by atoms with E-state index in [-0.39, 0.29) is 5.84 Å². The number of benzene rings is 2. The van der Waals surface area contributed by atoms with Crippen LogP contribution >= 0.6 is 11.6 Å². The Labute approximate surface area is 116 Å². The van der Waals surface area contributed by atoms with Crippen LogP contribution in [0, 0.1) is 6.92 Å². The molecule has 0 spiro atoms. The average molecular weight is 277 g/mol. The van der Waals surface area contributed by atoms with E-state index < -0.39 is 0 Å². The van der Waals surface area contributed by atoms with E-state index in [1.807, 2.05) is 25.1 Å². The Balaban J connectivity index is 2.26. The highest BCUT2D eigenvalue weighted by Crippen LogP contribution is 2.25. The van der Waals surface area contributed by atoms with Crippen molar-refractivity contribution in [1.29, 1.82) is 0 Å². The lowest BCUT2D eigenvalue weighted by Gasteiger charge is -2.09. The second-order valence-corrected chi connectivity index (χ2v) is 4.46. The van der Waals surface area contributed by atoms with Crippen molar-refractivity contribution < 1.29 is 9.94 Å². The lowest BCUT2D eigenvalue weighted by atomic mass is 10.1. The summed E-state index contributed by atoms with van der Waals surface area (Å²) in [6, 6.07) is 12.4. The summed E-state index contributed by atoms with van der Waals surface area (Å²) in [5.74, 6) is 1.39. The fraction of sp³-hybridized carbons (Fsp3) is 0.0714. The highest BCUT2D eigenvalue weighted by Gasteiger charge is 2.06. The molecule has 0 aliphatic heterocycles. The highest BCUT2D eigenvalue weighted by atomic mass is 35.5. The number of rotatable bonds is 3. The number of nitrogens with two attached hydrogens (primary N) is 1. The summed E-state index contributed by atoms with van der Waals surface area (Å²) in [6.07, 6.45) is 0. The van der Waals surface area contributed by atoms with E-state index in [9.17, 15) is 0 Å². The number of hydrogen-bond acceptors (Lipinski definition) is 3.